The van der Waals surface area contributed by atoms with Crippen molar-refractivity contribution in [1.29, 1.82) is 0 Å². The highest BCUT2D eigenvalue weighted by Crippen LogP contribution is 2.33. The van der Waals surface area contributed by atoms with Crippen molar-refractivity contribution in [2.75, 3.05) is 11.4 Å². The van der Waals surface area contributed by atoms with Crippen LogP contribution < -0.4 is 4.90 Å². The van der Waals surface area contributed by atoms with Crippen LogP contribution in [0, 0.1) is 6.92 Å². The van der Waals surface area contributed by atoms with Crippen LogP contribution >= 0.6 is 0 Å². The summed E-state index contributed by atoms with van der Waals surface area (Å²) in [4.78, 5) is 13.5. The van der Waals surface area contributed by atoms with Gasteiger partial charge >= 0.3 is 0 Å². The molecule has 86 valence electrons. The highest BCUT2D eigenvalue weighted by molar-refractivity contribution is 5.85. The first kappa shape index (κ1) is 11.2. The average Bonchev–Trinajstić information content (AvgIpc) is 3.10. The highest BCUT2D eigenvalue weighted by atomic mass is 16.1. The van der Waals surface area contributed by atoms with Crippen LogP contribution in [0.5, 0.6) is 0 Å². The third-order valence-corrected chi connectivity index (χ3v) is 3.07. The van der Waals surface area contributed by atoms with Crippen LogP contribution in [0.15, 0.2) is 18.2 Å². The summed E-state index contributed by atoms with van der Waals surface area (Å²) in [5.41, 5.74) is 3.10. The molecule has 0 spiro atoms. The molecule has 2 rings (SSSR count). The topological polar surface area (TPSA) is 20.3 Å². The minimum Gasteiger partial charge on any atom is -0.368 e. The summed E-state index contributed by atoms with van der Waals surface area (Å²) in [7, 11) is 0. The summed E-state index contributed by atoms with van der Waals surface area (Å²) in [5.74, 6) is 0. The Labute approximate surface area is 97.3 Å². The van der Waals surface area contributed by atoms with Gasteiger partial charge in [-0.1, -0.05) is 18.6 Å². The lowest BCUT2D eigenvalue weighted by Gasteiger charge is -2.25. The SMILES string of the molecule is CCCN(c1ccc(C)cc1C=O)C1CC1. The number of carbonyl (C=O) groups is 1. The zero-order valence-electron chi connectivity index (χ0n) is 10.1. The lowest BCUT2D eigenvalue weighted by atomic mass is 10.1. The summed E-state index contributed by atoms with van der Waals surface area (Å²) in [6.45, 7) is 5.26. The smallest absolute Gasteiger partial charge is 0.152 e. The molecule has 2 heteroatoms. The highest BCUT2D eigenvalue weighted by Gasteiger charge is 2.29. The van der Waals surface area contributed by atoms with Gasteiger partial charge in [-0.2, -0.15) is 0 Å². The lowest BCUT2D eigenvalue weighted by Crippen LogP contribution is -2.27. The minimum atomic E-state index is 0.668. The van der Waals surface area contributed by atoms with Gasteiger partial charge in [0.15, 0.2) is 6.29 Å². The van der Waals surface area contributed by atoms with E-state index in [-0.39, 0.29) is 0 Å². The van der Waals surface area contributed by atoms with E-state index >= 15 is 0 Å². The van der Waals surface area contributed by atoms with Gasteiger partial charge in [-0.05, 0) is 38.3 Å². The van der Waals surface area contributed by atoms with Crippen molar-refractivity contribution in [1.82, 2.24) is 0 Å². The van der Waals surface area contributed by atoms with E-state index in [2.05, 4.69) is 24.0 Å². The Morgan fingerprint density at radius 2 is 2.19 bits per heavy atom. The van der Waals surface area contributed by atoms with Crippen molar-refractivity contribution in [2.45, 2.75) is 39.2 Å². The van der Waals surface area contributed by atoms with Crippen LogP contribution in [0.2, 0.25) is 0 Å². The molecule has 0 bridgehead atoms. The molecule has 0 N–H and O–H groups in total. The normalized spacial score (nSPS) is 14.9. The molecule has 1 fully saturated rings. The molecule has 0 unspecified atom stereocenters. The van der Waals surface area contributed by atoms with E-state index in [0.717, 1.165) is 36.1 Å². The minimum absolute atomic E-state index is 0.668. The van der Waals surface area contributed by atoms with Gasteiger partial charge < -0.3 is 4.90 Å². The number of carbonyl (C=O) groups excluding carboxylic acids is 1. The zero-order chi connectivity index (χ0) is 11.5. The Hall–Kier alpha value is -1.31. The molecule has 1 aromatic carbocycles. The Balaban J connectivity index is 2.31. The molecule has 1 aliphatic carbocycles. The number of benzene rings is 1. The first-order valence-corrected chi connectivity index (χ1v) is 6.08. The first-order valence-electron chi connectivity index (χ1n) is 6.08. The predicted molar refractivity (Wildman–Crippen MR) is 67.2 cm³/mol. The number of hydrogen-bond acceptors (Lipinski definition) is 2. The fraction of sp³-hybridized carbons (Fsp3) is 0.500. The second-order valence-corrected chi connectivity index (χ2v) is 4.60. The molecule has 0 radical (unpaired) electrons. The van der Waals surface area contributed by atoms with Gasteiger partial charge in [0.25, 0.3) is 0 Å². The van der Waals surface area contributed by atoms with E-state index in [1.165, 1.54) is 12.8 Å². The molecule has 16 heavy (non-hydrogen) atoms. The number of aldehydes is 1. The number of rotatable bonds is 5. The van der Waals surface area contributed by atoms with E-state index in [9.17, 15) is 4.79 Å². The Kier molecular flexibility index (Phi) is 3.28. The predicted octanol–water partition coefficient (Wildman–Crippen LogP) is 3.19. The summed E-state index contributed by atoms with van der Waals surface area (Å²) >= 11 is 0. The van der Waals surface area contributed by atoms with Crippen molar-refractivity contribution < 1.29 is 4.79 Å². The van der Waals surface area contributed by atoms with Gasteiger partial charge in [0.2, 0.25) is 0 Å². The second-order valence-electron chi connectivity index (χ2n) is 4.60. The van der Waals surface area contributed by atoms with E-state index in [0.29, 0.717) is 6.04 Å². The summed E-state index contributed by atoms with van der Waals surface area (Å²) < 4.78 is 0. The van der Waals surface area contributed by atoms with Gasteiger partial charge in [-0.3, -0.25) is 4.79 Å². The maximum absolute atomic E-state index is 11.1. The third-order valence-electron chi connectivity index (χ3n) is 3.07. The monoisotopic (exact) mass is 217 g/mol. The summed E-state index contributed by atoms with van der Waals surface area (Å²) in [5, 5.41) is 0. The fourth-order valence-corrected chi connectivity index (χ4v) is 2.16. The molecule has 0 aromatic heterocycles. The molecule has 0 saturated heterocycles. The van der Waals surface area contributed by atoms with Gasteiger partial charge in [-0.15, -0.1) is 0 Å². The molecule has 1 saturated carbocycles. The molecular formula is C14H19NO. The molecule has 0 atom stereocenters. The molecule has 0 amide bonds. The molecule has 2 nitrogen and oxygen atoms in total. The lowest BCUT2D eigenvalue weighted by molar-refractivity contribution is 0.112. The number of aryl methyl sites for hydroxylation is 1. The van der Waals surface area contributed by atoms with Crippen molar-refractivity contribution in [3.8, 4) is 0 Å². The van der Waals surface area contributed by atoms with Crippen LogP contribution in [-0.2, 0) is 0 Å². The van der Waals surface area contributed by atoms with Crippen molar-refractivity contribution in [2.24, 2.45) is 0 Å². The van der Waals surface area contributed by atoms with Crippen LogP contribution in [0.1, 0.15) is 42.1 Å². The van der Waals surface area contributed by atoms with Crippen molar-refractivity contribution >= 4 is 12.0 Å². The average molecular weight is 217 g/mol. The number of hydrogen-bond donors (Lipinski definition) is 0. The van der Waals surface area contributed by atoms with E-state index in [1.54, 1.807) is 0 Å². The molecule has 1 aromatic rings. The number of nitrogens with zero attached hydrogens (tertiary/aromatic N) is 1. The van der Waals surface area contributed by atoms with Gasteiger partial charge in [-0.25, -0.2) is 0 Å². The van der Waals surface area contributed by atoms with Gasteiger partial charge in [0.1, 0.15) is 0 Å². The van der Waals surface area contributed by atoms with E-state index in [4.69, 9.17) is 0 Å². The molecule has 0 heterocycles. The van der Waals surface area contributed by atoms with Crippen molar-refractivity contribution in [3.05, 3.63) is 29.3 Å². The van der Waals surface area contributed by atoms with E-state index in [1.807, 2.05) is 13.0 Å². The summed E-state index contributed by atoms with van der Waals surface area (Å²) in [6.07, 6.45) is 4.65. The quantitative estimate of drug-likeness (QED) is 0.706. The second kappa shape index (κ2) is 4.69. The number of anilines is 1. The van der Waals surface area contributed by atoms with Crippen LogP contribution in [0.4, 0.5) is 5.69 Å². The van der Waals surface area contributed by atoms with Gasteiger partial charge in [0.05, 0.1) is 0 Å². The Morgan fingerprint density at radius 3 is 2.75 bits per heavy atom. The van der Waals surface area contributed by atoms with Crippen molar-refractivity contribution in [3.63, 3.8) is 0 Å². The van der Waals surface area contributed by atoms with Crippen LogP contribution in [0.25, 0.3) is 0 Å². The zero-order valence-corrected chi connectivity index (χ0v) is 10.1. The Morgan fingerprint density at radius 1 is 1.44 bits per heavy atom. The summed E-state index contributed by atoms with van der Waals surface area (Å²) in [6, 6.07) is 6.83. The van der Waals surface area contributed by atoms with Gasteiger partial charge in [0, 0.05) is 23.8 Å². The third kappa shape index (κ3) is 2.26. The standard InChI is InChI=1S/C14H19NO/c1-3-8-15(13-5-6-13)14-7-4-11(2)9-12(14)10-16/h4,7,9-10,13H,3,5-6,8H2,1-2H3. The van der Waals surface area contributed by atoms with Crippen LogP contribution in [0.3, 0.4) is 0 Å². The molecular weight excluding hydrogens is 198 g/mol. The van der Waals surface area contributed by atoms with E-state index < -0.39 is 0 Å². The maximum atomic E-state index is 11.1. The Bertz CT molecular complexity index is 382. The molecule has 1 aliphatic rings. The first-order chi connectivity index (χ1) is 7.76. The maximum Gasteiger partial charge on any atom is 0.152 e. The fourth-order valence-electron chi connectivity index (χ4n) is 2.16. The molecule has 0 aliphatic heterocycles. The largest absolute Gasteiger partial charge is 0.368 e. The van der Waals surface area contributed by atoms with Crippen LogP contribution in [-0.4, -0.2) is 18.9 Å².